The van der Waals surface area contributed by atoms with E-state index in [1.54, 1.807) is 19.2 Å². The van der Waals surface area contributed by atoms with Gasteiger partial charge in [-0.2, -0.15) is 0 Å². The van der Waals surface area contributed by atoms with E-state index < -0.39 is 5.97 Å². The molecule has 3 aromatic rings. The first-order valence-corrected chi connectivity index (χ1v) is 9.50. The topological polar surface area (TPSA) is 68.7 Å². The van der Waals surface area contributed by atoms with Crippen molar-refractivity contribution in [1.82, 2.24) is 4.98 Å². The minimum Gasteiger partial charge on any atom is -0.493 e. The van der Waals surface area contributed by atoms with Gasteiger partial charge in [-0.3, -0.25) is 0 Å². The van der Waals surface area contributed by atoms with Gasteiger partial charge in [0.05, 0.1) is 30.5 Å². The third-order valence-corrected chi connectivity index (χ3v) is 4.74. The van der Waals surface area contributed by atoms with Gasteiger partial charge in [0, 0.05) is 10.9 Å². The molecule has 0 unspecified atom stereocenters. The Bertz CT molecular complexity index is 997. The molecule has 0 aliphatic heterocycles. The van der Waals surface area contributed by atoms with Crippen LogP contribution in [0.2, 0.25) is 0 Å². The van der Waals surface area contributed by atoms with Crippen LogP contribution in [0.25, 0.3) is 22.2 Å². The van der Waals surface area contributed by atoms with Crippen LogP contribution in [0.3, 0.4) is 0 Å². The average molecular weight is 379 g/mol. The van der Waals surface area contributed by atoms with Crippen LogP contribution in [-0.2, 0) is 0 Å². The van der Waals surface area contributed by atoms with Gasteiger partial charge in [0.25, 0.3) is 0 Å². The summed E-state index contributed by atoms with van der Waals surface area (Å²) in [6.45, 7) is 4.72. The third kappa shape index (κ3) is 4.09. The SMILES string of the molecule is CCCCCOc1ccc(-c2cc(C(=O)O)c3cccc(C)c3n2)cc1OC. The quantitative estimate of drug-likeness (QED) is 0.524. The molecule has 1 N–H and O–H groups in total. The molecule has 0 aliphatic rings. The maximum Gasteiger partial charge on any atom is 0.336 e. The zero-order valence-corrected chi connectivity index (χ0v) is 16.5. The fourth-order valence-corrected chi connectivity index (χ4v) is 3.20. The Kier molecular flexibility index (Phi) is 6.14. The third-order valence-electron chi connectivity index (χ3n) is 4.74. The number of pyridine rings is 1. The number of aromatic carboxylic acids is 1. The molecule has 0 saturated carbocycles. The molecule has 0 radical (unpaired) electrons. The number of ether oxygens (including phenoxy) is 2. The van der Waals surface area contributed by atoms with Gasteiger partial charge < -0.3 is 14.6 Å². The molecule has 2 aromatic carbocycles. The number of hydrogen-bond acceptors (Lipinski definition) is 4. The summed E-state index contributed by atoms with van der Waals surface area (Å²) in [6, 6.07) is 12.8. The molecule has 146 valence electrons. The van der Waals surface area contributed by atoms with Crippen molar-refractivity contribution in [3.05, 3.63) is 53.6 Å². The maximum atomic E-state index is 11.8. The summed E-state index contributed by atoms with van der Waals surface area (Å²) in [5.74, 6) is 0.317. The van der Waals surface area contributed by atoms with Crippen LogP contribution < -0.4 is 9.47 Å². The smallest absolute Gasteiger partial charge is 0.336 e. The van der Waals surface area contributed by atoms with Gasteiger partial charge in [0.15, 0.2) is 11.5 Å². The number of methoxy groups -OCH3 is 1. The minimum atomic E-state index is -0.970. The number of nitrogens with zero attached hydrogens (tertiary/aromatic N) is 1. The molecular weight excluding hydrogens is 354 g/mol. The highest BCUT2D eigenvalue weighted by Gasteiger charge is 2.15. The fraction of sp³-hybridized carbons (Fsp3) is 0.304. The Hall–Kier alpha value is -3.08. The molecule has 5 heteroatoms. The van der Waals surface area contributed by atoms with Crippen LogP contribution in [0, 0.1) is 6.92 Å². The largest absolute Gasteiger partial charge is 0.493 e. The molecule has 1 heterocycles. The van der Waals surface area contributed by atoms with Gasteiger partial charge in [-0.15, -0.1) is 0 Å². The standard InChI is InChI=1S/C23H25NO4/c1-4-5-6-12-28-20-11-10-16(13-21(20)27-3)19-14-18(23(25)26)17-9-7-8-15(2)22(17)24-19/h7-11,13-14H,4-6,12H2,1-3H3,(H,25,26). The van der Waals surface area contributed by atoms with Crippen LogP contribution in [-0.4, -0.2) is 29.8 Å². The van der Waals surface area contributed by atoms with E-state index in [9.17, 15) is 9.90 Å². The van der Waals surface area contributed by atoms with Crippen LogP contribution in [0.5, 0.6) is 11.5 Å². The van der Waals surface area contributed by atoms with Crippen molar-refractivity contribution in [3.63, 3.8) is 0 Å². The van der Waals surface area contributed by atoms with Crippen LogP contribution >= 0.6 is 0 Å². The van der Waals surface area contributed by atoms with Crippen LogP contribution in [0.4, 0.5) is 0 Å². The predicted molar refractivity (Wildman–Crippen MR) is 110 cm³/mol. The number of rotatable bonds is 8. The van der Waals surface area contributed by atoms with Gasteiger partial charge >= 0.3 is 5.97 Å². The second-order valence-electron chi connectivity index (χ2n) is 6.75. The summed E-state index contributed by atoms with van der Waals surface area (Å²) in [5.41, 5.74) is 3.24. The van der Waals surface area contributed by atoms with E-state index in [1.807, 2.05) is 37.3 Å². The highest BCUT2D eigenvalue weighted by molar-refractivity contribution is 6.04. The summed E-state index contributed by atoms with van der Waals surface area (Å²) in [7, 11) is 1.60. The Labute approximate surface area is 164 Å². The number of unbranched alkanes of at least 4 members (excludes halogenated alkanes) is 2. The molecule has 1 aromatic heterocycles. The predicted octanol–water partition coefficient (Wildman–Crippen LogP) is 5.49. The number of aromatic nitrogens is 1. The lowest BCUT2D eigenvalue weighted by Gasteiger charge is -2.13. The zero-order chi connectivity index (χ0) is 20.1. The molecule has 0 bridgehead atoms. The molecule has 0 aliphatic carbocycles. The molecule has 5 nitrogen and oxygen atoms in total. The van der Waals surface area contributed by atoms with Crippen molar-refractivity contribution in [3.8, 4) is 22.8 Å². The summed E-state index contributed by atoms with van der Waals surface area (Å²) in [5, 5.41) is 10.3. The Balaban J connectivity index is 2.02. The van der Waals surface area contributed by atoms with Gasteiger partial charge in [-0.1, -0.05) is 38.0 Å². The molecule has 0 saturated heterocycles. The lowest BCUT2D eigenvalue weighted by Crippen LogP contribution is -2.02. The average Bonchev–Trinajstić information content (AvgIpc) is 2.70. The van der Waals surface area contributed by atoms with E-state index in [0.717, 1.165) is 30.4 Å². The molecule has 28 heavy (non-hydrogen) atoms. The Morgan fingerprint density at radius 1 is 1.11 bits per heavy atom. The van der Waals surface area contributed by atoms with E-state index in [1.165, 1.54) is 0 Å². The summed E-state index contributed by atoms with van der Waals surface area (Å²) < 4.78 is 11.3. The second-order valence-corrected chi connectivity index (χ2v) is 6.75. The van der Waals surface area contributed by atoms with Gasteiger partial charge in [0.1, 0.15) is 0 Å². The van der Waals surface area contributed by atoms with Crippen molar-refractivity contribution in [2.24, 2.45) is 0 Å². The molecule has 3 rings (SSSR count). The zero-order valence-electron chi connectivity index (χ0n) is 16.5. The number of fused-ring (bicyclic) bond motifs is 1. The number of para-hydroxylation sites is 1. The number of aryl methyl sites for hydroxylation is 1. The first-order valence-electron chi connectivity index (χ1n) is 9.50. The normalized spacial score (nSPS) is 10.8. The van der Waals surface area contributed by atoms with Crippen LogP contribution in [0.1, 0.15) is 42.1 Å². The number of hydrogen-bond donors (Lipinski definition) is 1. The van der Waals surface area contributed by atoms with E-state index in [4.69, 9.17) is 14.5 Å². The van der Waals surface area contributed by atoms with Gasteiger partial charge in [-0.25, -0.2) is 9.78 Å². The highest BCUT2D eigenvalue weighted by Crippen LogP contribution is 2.34. The monoisotopic (exact) mass is 379 g/mol. The number of carboxylic acids is 1. The fourth-order valence-electron chi connectivity index (χ4n) is 3.20. The van der Waals surface area contributed by atoms with Crippen molar-refractivity contribution >= 4 is 16.9 Å². The van der Waals surface area contributed by atoms with Crippen molar-refractivity contribution in [1.29, 1.82) is 0 Å². The molecular formula is C23H25NO4. The van der Waals surface area contributed by atoms with E-state index in [2.05, 4.69) is 6.92 Å². The van der Waals surface area contributed by atoms with Crippen molar-refractivity contribution < 1.29 is 19.4 Å². The van der Waals surface area contributed by atoms with Crippen molar-refractivity contribution in [2.75, 3.05) is 13.7 Å². The van der Waals surface area contributed by atoms with Gasteiger partial charge in [-0.05, 0) is 43.2 Å². The van der Waals surface area contributed by atoms with E-state index >= 15 is 0 Å². The minimum absolute atomic E-state index is 0.238. The number of carboxylic acid groups (broad SMARTS) is 1. The highest BCUT2D eigenvalue weighted by atomic mass is 16.5. The first kappa shape index (κ1) is 19.7. The van der Waals surface area contributed by atoms with Gasteiger partial charge in [0.2, 0.25) is 0 Å². The summed E-state index contributed by atoms with van der Waals surface area (Å²) in [6.07, 6.45) is 3.26. The molecule has 0 atom stereocenters. The van der Waals surface area contributed by atoms with E-state index in [0.29, 0.717) is 34.7 Å². The summed E-state index contributed by atoms with van der Waals surface area (Å²) in [4.78, 5) is 16.5. The second kappa shape index (κ2) is 8.74. The molecule has 0 fully saturated rings. The Morgan fingerprint density at radius 3 is 2.64 bits per heavy atom. The molecule has 0 amide bonds. The lowest BCUT2D eigenvalue weighted by molar-refractivity contribution is 0.0699. The molecule has 0 spiro atoms. The summed E-state index contributed by atoms with van der Waals surface area (Å²) >= 11 is 0. The van der Waals surface area contributed by atoms with E-state index in [-0.39, 0.29) is 5.56 Å². The Morgan fingerprint density at radius 2 is 1.93 bits per heavy atom. The lowest BCUT2D eigenvalue weighted by atomic mass is 10.0. The van der Waals surface area contributed by atoms with Crippen LogP contribution in [0.15, 0.2) is 42.5 Å². The maximum absolute atomic E-state index is 11.8. The first-order chi connectivity index (χ1) is 13.5. The number of carbonyl (C=O) groups is 1. The van der Waals surface area contributed by atoms with Crippen molar-refractivity contribution in [2.45, 2.75) is 33.1 Å². The number of benzene rings is 2.